The van der Waals surface area contributed by atoms with E-state index in [4.69, 9.17) is 16.9 Å². The molecule has 2 nitrogen and oxygen atoms in total. The van der Waals surface area contributed by atoms with Gasteiger partial charge in [0.25, 0.3) is 5.92 Å². The topological polar surface area (TPSA) is 35.8 Å². The van der Waals surface area contributed by atoms with Crippen molar-refractivity contribution in [3.05, 3.63) is 28.8 Å². The van der Waals surface area contributed by atoms with Crippen LogP contribution in [0.25, 0.3) is 0 Å². The number of nitrogens with one attached hydrogen (secondary N) is 1. The van der Waals surface area contributed by atoms with Crippen molar-refractivity contribution in [3.8, 4) is 6.07 Å². The molecule has 1 aromatic carbocycles. The molecule has 1 aromatic rings. The Labute approximate surface area is 96.8 Å². The van der Waals surface area contributed by atoms with Crippen LogP contribution in [0.1, 0.15) is 12.0 Å². The van der Waals surface area contributed by atoms with E-state index in [-0.39, 0.29) is 13.0 Å². The molecule has 1 unspecified atom stereocenters. The smallest absolute Gasteiger partial charge is 0.253 e. The third kappa shape index (κ3) is 2.25. The third-order valence-corrected chi connectivity index (χ3v) is 2.92. The molecule has 0 bridgehead atoms. The summed E-state index contributed by atoms with van der Waals surface area (Å²) >= 11 is 5.75. The summed E-state index contributed by atoms with van der Waals surface area (Å²) in [6.45, 7) is 0.222. The predicted octanol–water partition coefficient (Wildman–Crippen LogP) is 3.28. The van der Waals surface area contributed by atoms with E-state index in [0.717, 1.165) is 0 Å². The van der Waals surface area contributed by atoms with Crippen LogP contribution < -0.4 is 5.32 Å². The molecule has 16 heavy (non-hydrogen) atoms. The summed E-state index contributed by atoms with van der Waals surface area (Å²) in [4.78, 5) is 0. The highest BCUT2D eigenvalue weighted by Gasteiger charge is 2.56. The van der Waals surface area contributed by atoms with Crippen LogP contribution >= 0.6 is 11.6 Å². The van der Waals surface area contributed by atoms with Gasteiger partial charge in [0.1, 0.15) is 6.07 Å². The van der Waals surface area contributed by atoms with Gasteiger partial charge in [-0.1, -0.05) is 11.6 Å². The van der Waals surface area contributed by atoms with Crippen LogP contribution in [0.15, 0.2) is 18.2 Å². The van der Waals surface area contributed by atoms with Gasteiger partial charge in [0, 0.05) is 24.6 Å². The van der Waals surface area contributed by atoms with Crippen molar-refractivity contribution < 1.29 is 8.78 Å². The number of rotatable bonds is 3. The zero-order chi connectivity index (χ0) is 11.8. The van der Waals surface area contributed by atoms with E-state index in [1.807, 2.05) is 6.07 Å². The minimum Gasteiger partial charge on any atom is -0.384 e. The number of halogens is 3. The van der Waals surface area contributed by atoms with Gasteiger partial charge in [-0.05, 0) is 18.2 Å². The monoisotopic (exact) mass is 242 g/mol. The first kappa shape index (κ1) is 11.2. The first-order chi connectivity index (χ1) is 7.53. The lowest BCUT2D eigenvalue weighted by molar-refractivity contribution is 0.101. The molecule has 0 radical (unpaired) electrons. The van der Waals surface area contributed by atoms with Gasteiger partial charge in [0.2, 0.25) is 0 Å². The second-order valence-corrected chi connectivity index (χ2v) is 4.26. The Balaban J connectivity index is 1.98. The molecule has 1 atom stereocenters. The number of alkyl halides is 2. The summed E-state index contributed by atoms with van der Waals surface area (Å²) in [5, 5.41) is 12.0. The molecule has 5 heteroatoms. The zero-order valence-electron chi connectivity index (χ0n) is 8.30. The first-order valence-electron chi connectivity index (χ1n) is 4.84. The van der Waals surface area contributed by atoms with Crippen molar-refractivity contribution in [2.24, 2.45) is 5.92 Å². The summed E-state index contributed by atoms with van der Waals surface area (Å²) in [7, 11) is 0. The highest BCUT2D eigenvalue weighted by molar-refractivity contribution is 6.31. The van der Waals surface area contributed by atoms with Crippen molar-refractivity contribution in [3.63, 3.8) is 0 Å². The van der Waals surface area contributed by atoms with Crippen LogP contribution in [-0.4, -0.2) is 12.5 Å². The fraction of sp³-hybridized carbons (Fsp3) is 0.364. The van der Waals surface area contributed by atoms with E-state index in [0.29, 0.717) is 16.3 Å². The molecule has 0 heterocycles. The van der Waals surface area contributed by atoms with Gasteiger partial charge < -0.3 is 5.32 Å². The van der Waals surface area contributed by atoms with Crippen LogP contribution in [0.2, 0.25) is 5.02 Å². The van der Waals surface area contributed by atoms with E-state index >= 15 is 0 Å². The molecule has 0 spiro atoms. The van der Waals surface area contributed by atoms with Crippen molar-refractivity contribution in [1.29, 1.82) is 5.26 Å². The molecular weight excluding hydrogens is 234 g/mol. The van der Waals surface area contributed by atoms with Crippen molar-refractivity contribution in [2.75, 3.05) is 11.9 Å². The second kappa shape index (κ2) is 3.91. The molecule has 0 saturated heterocycles. The van der Waals surface area contributed by atoms with Crippen LogP contribution in [-0.2, 0) is 0 Å². The standard InChI is InChI=1S/C11H9ClF2N2/c12-10-2-1-9(3-7(10)5-15)16-6-8-4-11(8,13)14/h1-3,8,16H,4,6H2. The average Bonchev–Trinajstić information content (AvgIpc) is 2.85. The number of nitriles is 1. The van der Waals surface area contributed by atoms with Crippen molar-refractivity contribution in [1.82, 2.24) is 0 Å². The maximum Gasteiger partial charge on any atom is 0.253 e. The Morgan fingerprint density at radius 1 is 1.56 bits per heavy atom. The Kier molecular flexibility index (Phi) is 2.73. The molecule has 84 valence electrons. The molecule has 0 amide bonds. The van der Waals surface area contributed by atoms with E-state index < -0.39 is 11.8 Å². The quantitative estimate of drug-likeness (QED) is 0.883. The minimum atomic E-state index is -2.52. The molecule has 2 rings (SSSR count). The molecule has 1 fully saturated rings. The maximum atomic E-state index is 12.6. The summed E-state index contributed by atoms with van der Waals surface area (Å²) < 4.78 is 25.2. The van der Waals surface area contributed by atoms with Crippen LogP contribution in [0, 0.1) is 17.2 Å². The third-order valence-electron chi connectivity index (χ3n) is 2.60. The lowest BCUT2D eigenvalue weighted by atomic mass is 10.2. The number of hydrogen-bond acceptors (Lipinski definition) is 2. The number of nitrogens with zero attached hydrogens (tertiary/aromatic N) is 1. The van der Waals surface area contributed by atoms with Crippen molar-refractivity contribution >= 4 is 17.3 Å². The van der Waals surface area contributed by atoms with Crippen molar-refractivity contribution in [2.45, 2.75) is 12.3 Å². The molecule has 0 aliphatic heterocycles. The van der Waals surface area contributed by atoms with E-state index in [2.05, 4.69) is 5.32 Å². The van der Waals surface area contributed by atoms with Gasteiger partial charge in [-0.25, -0.2) is 8.78 Å². The minimum absolute atomic E-state index is 0.0568. The summed E-state index contributed by atoms with van der Waals surface area (Å²) in [6.07, 6.45) is -0.0568. The summed E-state index contributed by atoms with van der Waals surface area (Å²) in [5.74, 6) is -3.11. The van der Waals surface area contributed by atoms with Gasteiger partial charge in [-0.15, -0.1) is 0 Å². The van der Waals surface area contributed by atoms with E-state index in [1.165, 1.54) is 0 Å². The highest BCUT2D eigenvalue weighted by Crippen LogP contribution is 2.48. The highest BCUT2D eigenvalue weighted by atomic mass is 35.5. The maximum absolute atomic E-state index is 12.6. The SMILES string of the molecule is N#Cc1cc(NCC2CC2(F)F)ccc1Cl. The summed E-state index contributed by atoms with van der Waals surface area (Å²) in [6, 6.07) is 6.74. The lowest BCUT2D eigenvalue weighted by Gasteiger charge is -2.06. The van der Waals surface area contributed by atoms with Gasteiger partial charge >= 0.3 is 0 Å². The van der Waals surface area contributed by atoms with E-state index in [9.17, 15) is 8.78 Å². The van der Waals surface area contributed by atoms with Gasteiger partial charge in [0.15, 0.2) is 0 Å². The fourth-order valence-corrected chi connectivity index (χ4v) is 1.61. The summed E-state index contributed by atoms with van der Waals surface area (Å²) in [5.41, 5.74) is 0.984. The first-order valence-corrected chi connectivity index (χ1v) is 5.22. The number of benzene rings is 1. The Morgan fingerprint density at radius 2 is 2.25 bits per heavy atom. The second-order valence-electron chi connectivity index (χ2n) is 3.85. The van der Waals surface area contributed by atoms with E-state index in [1.54, 1.807) is 18.2 Å². The predicted molar refractivity (Wildman–Crippen MR) is 57.7 cm³/mol. The molecular formula is C11H9ClF2N2. The van der Waals surface area contributed by atoms with Gasteiger partial charge in [-0.2, -0.15) is 5.26 Å². The van der Waals surface area contributed by atoms with Crippen LogP contribution in [0.4, 0.5) is 14.5 Å². The van der Waals surface area contributed by atoms with Crippen LogP contribution in [0.3, 0.4) is 0 Å². The Hall–Kier alpha value is -1.34. The van der Waals surface area contributed by atoms with Gasteiger partial charge in [-0.3, -0.25) is 0 Å². The zero-order valence-corrected chi connectivity index (χ0v) is 9.06. The van der Waals surface area contributed by atoms with Crippen LogP contribution in [0.5, 0.6) is 0 Å². The average molecular weight is 243 g/mol. The lowest BCUT2D eigenvalue weighted by Crippen LogP contribution is -2.08. The fourth-order valence-electron chi connectivity index (χ4n) is 1.45. The molecule has 1 N–H and O–H groups in total. The molecule has 1 saturated carbocycles. The number of anilines is 1. The normalized spacial score (nSPS) is 21.2. The Bertz CT molecular complexity index is 454. The molecule has 1 aliphatic rings. The Morgan fingerprint density at radius 3 is 2.81 bits per heavy atom. The largest absolute Gasteiger partial charge is 0.384 e. The molecule has 0 aromatic heterocycles. The van der Waals surface area contributed by atoms with Gasteiger partial charge in [0.05, 0.1) is 10.6 Å². The molecule has 1 aliphatic carbocycles. The number of hydrogen-bond donors (Lipinski definition) is 1.